The minimum absolute atomic E-state index is 0.679. The summed E-state index contributed by atoms with van der Waals surface area (Å²) in [7, 11) is 0. The average molecular weight is 199 g/mol. The van der Waals surface area contributed by atoms with Gasteiger partial charge in [-0.1, -0.05) is 0 Å². The molecule has 3 nitrogen and oxygen atoms in total. The minimum atomic E-state index is 0.679. The molecule has 14 heavy (non-hydrogen) atoms. The molecule has 2 aliphatic rings. The second-order valence-corrected chi connectivity index (χ2v) is 4.38. The van der Waals surface area contributed by atoms with Crippen LogP contribution >= 0.6 is 0 Å². The molecule has 0 spiro atoms. The summed E-state index contributed by atoms with van der Waals surface area (Å²) in [5.74, 6) is 0.749. The Bertz CT molecular complexity index is 149. The summed E-state index contributed by atoms with van der Waals surface area (Å²) < 4.78 is 10.8. The van der Waals surface area contributed by atoms with Crippen LogP contribution in [0.2, 0.25) is 0 Å². The number of rotatable bonds is 3. The van der Waals surface area contributed by atoms with E-state index in [9.17, 15) is 0 Å². The summed E-state index contributed by atoms with van der Waals surface area (Å²) in [6.45, 7) is 4.92. The van der Waals surface area contributed by atoms with Crippen LogP contribution in [-0.4, -0.2) is 39.0 Å². The van der Waals surface area contributed by atoms with Crippen LogP contribution in [-0.2, 0) is 9.47 Å². The first-order valence-corrected chi connectivity index (χ1v) is 5.84. The smallest absolute Gasteiger partial charge is 0.0507 e. The molecule has 0 bridgehead atoms. The van der Waals surface area contributed by atoms with Crippen LogP contribution in [0.5, 0.6) is 0 Å². The Kier molecular flexibility index (Phi) is 4.22. The van der Waals surface area contributed by atoms with Gasteiger partial charge in [-0.25, -0.2) is 0 Å². The average Bonchev–Trinajstić information content (AvgIpc) is 2.58. The fourth-order valence-electron chi connectivity index (χ4n) is 2.19. The zero-order valence-corrected chi connectivity index (χ0v) is 8.84. The molecule has 0 aromatic rings. The van der Waals surface area contributed by atoms with E-state index in [1.807, 2.05) is 0 Å². The molecule has 2 atom stereocenters. The highest BCUT2D eigenvalue weighted by atomic mass is 16.5. The highest BCUT2D eigenvalue weighted by molar-refractivity contribution is 4.73. The van der Waals surface area contributed by atoms with E-state index in [1.54, 1.807) is 0 Å². The topological polar surface area (TPSA) is 30.5 Å². The van der Waals surface area contributed by atoms with Gasteiger partial charge in [0.2, 0.25) is 0 Å². The van der Waals surface area contributed by atoms with Gasteiger partial charge in [0.1, 0.15) is 0 Å². The van der Waals surface area contributed by atoms with Crippen molar-refractivity contribution in [2.24, 2.45) is 5.92 Å². The maximum Gasteiger partial charge on any atom is 0.0507 e. The lowest BCUT2D eigenvalue weighted by atomic mass is 10.1. The summed E-state index contributed by atoms with van der Waals surface area (Å²) in [5.41, 5.74) is 0. The maximum atomic E-state index is 5.43. The van der Waals surface area contributed by atoms with Gasteiger partial charge in [0.15, 0.2) is 0 Å². The van der Waals surface area contributed by atoms with E-state index in [1.165, 1.54) is 25.7 Å². The van der Waals surface area contributed by atoms with E-state index in [0.717, 1.165) is 38.9 Å². The molecule has 1 N–H and O–H groups in total. The summed E-state index contributed by atoms with van der Waals surface area (Å²) >= 11 is 0. The van der Waals surface area contributed by atoms with Crippen molar-refractivity contribution in [1.29, 1.82) is 0 Å². The third-order valence-corrected chi connectivity index (χ3v) is 3.17. The van der Waals surface area contributed by atoms with Crippen molar-refractivity contribution in [3.05, 3.63) is 0 Å². The van der Waals surface area contributed by atoms with Crippen molar-refractivity contribution < 1.29 is 9.47 Å². The standard InChI is InChI=1S/C11H21NO2/c1-2-11(4-7-13-5-1)12-8-10-3-6-14-9-10/h10-12H,1-9H2. The Morgan fingerprint density at radius 2 is 1.93 bits per heavy atom. The molecule has 0 amide bonds. The molecular formula is C11H21NO2. The summed E-state index contributed by atoms with van der Waals surface area (Å²) in [6.07, 6.45) is 4.89. The van der Waals surface area contributed by atoms with E-state index in [4.69, 9.17) is 9.47 Å². The molecular weight excluding hydrogens is 178 g/mol. The Morgan fingerprint density at radius 3 is 2.79 bits per heavy atom. The number of hydrogen-bond donors (Lipinski definition) is 1. The van der Waals surface area contributed by atoms with Crippen molar-refractivity contribution in [3.63, 3.8) is 0 Å². The highest BCUT2D eigenvalue weighted by Gasteiger charge is 2.18. The van der Waals surface area contributed by atoms with Crippen molar-refractivity contribution in [2.45, 2.75) is 31.7 Å². The Balaban J connectivity index is 1.62. The third kappa shape index (κ3) is 3.23. The zero-order chi connectivity index (χ0) is 9.64. The predicted octanol–water partition coefficient (Wildman–Crippen LogP) is 1.18. The van der Waals surface area contributed by atoms with Crippen molar-refractivity contribution in [1.82, 2.24) is 5.32 Å². The van der Waals surface area contributed by atoms with E-state index in [2.05, 4.69) is 5.32 Å². The van der Waals surface area contributed by atoms with Gasteiger partial charge in [-0.2, -0.15) is 0 Å². The van der Waals surface area contributed by atoms with Crippen LogP contribution < -0.4 is 5.32 Å². The van der Waals surface area contributed by atoms with Crippen LogP contribution in [0, 0.1) is 5.92 Å². The third-order valence-electron chi connectivity index (χ3n) is 3.17. The molecule has 82 valence electrons. The Labute approximate surface area is 86.2 Å². The second kappa shape index (κ2) is 5.69. The predicted molar refractivity (Wildman–Crippen MR) is 55.4 cm³/mol. The first-order valence-electron chi connectivity index (χ1n) is 5.84. The molecule has 0 saturated carbocycles. The van der Waals surface area contributed by atoms with Gasteiger partial charge in [-0.05, 0) is 31.6 Å². The lowest BCUT2D eigenvalue weighted by Gasteiger charge is -2.17. The molecule has 2 heterocycles. The molecule has 0 aliphatic carbocycles. The SMILES string of the molecule is C1COCCC(NCC2CCOC2)C1. The zero-order valence-electron chi connectivity index (χ0n) is 8.84. The van der Waals surface area contributed by atoms with Gasteiger partial charge in [0.05, 0.1) is 6.61 Å². The summed E-state index contributed by atoms with van der Waals surface area (Å²) in [5, 5.41) is 3.64. The quantitative estimate of drug-likeness (QED) is 0.740. The van der Waals surface area contributed by atoms with Crippen molar-refractivity contribution >= 4 is 0 Å². The van der Waals surface area contributed by atoms with Gasteiger partial charge in [-0.3, -0.25) is 0 Å². The van der Waals surface area contributed by atoms with Gasteiger partial charge in [0, 0.05) is 32.4 Å². The minimum Gasteiger partial charge on any atom is -0.381 e. The molecule has 2 aliphatic heterocycles. The molecule has 0 radical (unpaired) electrons. The van der Waals surface area contributed by atoms with Crippen LogP contribution in [0.1, 0.15) is 25.7 Å². The maximum absolute atomic E-state index is 5.43. The normalized spacial score (nSPS) is 34.3. The lowest BCUT2D eigenvalue weighted by Crippen LogP contribution is -2.33. The van der Waals surface area contributed by atoms with Crippen LogP contribution in [0.3, 0.4) is 0 Å². The molecule has 2 saturated heterocycles. The Morgan fingerprint density at radius 1 is 1.00 bits per heavy atom. The monoisotopic (exact) mass is 199 g/mol. The van der Waals surface area contributed by atoms with Crippen LogP contribution in [0.4, 0.5) is 0 Å². The summed E-state index contributed by atoms with van der Waals surface area (Å²) in [4.78, 5) is 0. The highest BCUT2D eigenvalue weighted by Crippen LogP contribution is 2.13. The molecule has 0 aromatic carbocycles. The lowest BCUT2D eigenvalue weighted by molar-refractivity contribution is 0.142. The van der Waals surface area contributed by atoms with Crippen molar-refractivity contribution in [2.75, 3.05) is 33.0 Å². The fraction of sp³-hybridized carbons (Fsp3) is 1.00. The van der Waals surface area contributed by atoms with E-state index in [0.29, 0.717) is 6.04 Å². The number of nitrogens with one attached hydrogen (secondary N) is 1. The molecule has 2 rings (SSSR count). The van der Waals surface area contributed by atoms with Gasteiger partial charge in [0.25, 0.3) is 0 Å². The second-order valence-electron chi connectivity index (χ2n) is 4.38. The number of ether oxygens (including phenoxy) is 2. The number of hydrogen-bond acceptors (Lipinski definition) is 3. The van der Waals surface area contributed by atoms with Crippen LogP contribution in [0.25, 0.3) is 0 Å². The van der Waals surface area contributed by atoms with E-state index < -0.39 is 0 Å². The fourth-order valence-corrected chi connectivity index (χ4v) is 2.19. The van der Waals surface area contributed by atoms with E-state index >= 15 is 0 Å². The molecule has 3 heteroatoms. The molecule has 2 fully saturated rings. The Hall–Kier alpha value is -0.120. The molecule has 2 unspecified atom stereocenters. The first-order chi connectivity index (χ1) is 6.95. The summed E-state index contributed by atoms with van der Waals surface area (Å²) in [6, 6.07) is 0.679. The van der Waals surface area contributed by atoms with Gasteiger partial charge in [-0.15, -0.1) is 0 Å². The first kappa shape index (κ1) is 10.4. The molecule has 0 aromatic heterocycles. The van der Waals surface area contributed by atoms with E-state index in [-0.39, 0.29) is 0 Å². The largest absolute Gasteiger partial charge is 0.381 e. The van der Waals surface area contributed by atoms with Gasteiger partial charge < -0.3 is 14.8 Å². The van der Waals surface area contributed by atoms with Crippen LogP contribution in [0.15, 0.2) is 0 Å². The van der Waals surface area contributed by atoms with Crippen molar-refractivity contribution in [3.8, 4) is 0 Å². The van der Waals surface area contributed by atoms with Gasteiger partial charge >= 0.3 is 0 Å².